The van der Waals surface area contributed by atoms with Gasteiger partial charge in [0.2, 0.25) is 0 Å². The zero-order valence-corrected chi connectivity index (χ0v) is 12.6. The van der Waals surface area contributed by atoms with Crippen LogP contribution in [0.4, 0.5) is 4.39 Å². The van der Waals surface area contributed by atoms with Crippen molar-refractivity contribution in [3.63, 3.8) is 0 Å². The van der Waals surface area contributed by atoms with Gasteiger partial charge in [-0.2, -0.15) is 0 Å². The number of carbonyl (C=O) groups is 1. The van der Waals surface area contributed by atoms with Crippen LogP contribution in [-0.2, 0) is 6.54 Å². The van der Waals surface area contributed by atoms with E-state index >= 15 is 0 Å². The maximum absolute atomic E-state index is 13.8. The lowest BCUT2D eigenvalue weighted by Gasteiger charge is -2.10. The lowest BCUT2D eigenvalue weighted by molar-refractivity contribution is 0.0688. The molecule has 0 saturated carbocycles. The van der Waals surface area contributed by atoms with Gasteiger partial charge in [-0.3, -0.25) is 0 Å². The van der Waals surface area contributed by atoms with Crippen molar-refractivity contribution in [2.75, 3.05) is 0 Å². The fourth-order valence-corrected chi connectivity index (χ4v) is 2.40. The van der Waals surface area contributed by atoms with Crippen LogP contribution in [0.15, 0.2) is 22.7 Å². The lowest BCUT2D eigenvalue weighted by atomic mass is 10.1. The molecule has 0 aliphatic carbocycles. The molecule has 0 fully saturated rings. The fourth-order valence-electron chi connectivity index (χ4n) is 1.99. The Morgan fingerprint density at radius 2 is 2.20 bits per heavy atom. The average molecular weight is 342 g/mol. The minimum absolute atomic E-state index is 0.0775. The van der Waals surface area contributed by atoms with Crippen molar-refractivity contribution < 1.29 is 14.3 Å². The molecule has 0 radical (unpaired) electrons. The SMILES string of the molecule is CC(C)c1c(C(=O)O)nnn1Cc1cc(Br)ccc1F. The molecule has 0 spiro atoms. The molecule has 1 N–H and O–H groups in total. The highest BCUT2D eigenvalue weighted by molar-refractivity contribution is 9.10. The summed E-state index contributed by atoms with van der Waals surface area (Å²) in [4.78, 5) is 11.1. The van der Waals surface area contributed by atoms with Crippen LogP contribution in [0.25, 0.3) is 0 Å². The summed E-state index contributed by atoms with van der Waals surface area (Å²) < 4.78 is 15.9. The van der Waals surface area contributed by atoms with Crippen LogP contribution in [0, 0.1) is 5.82 Å². The summed E-state index contributed by atoms with van der Waals surface area (Å²) in [5, 5.41) is 16.6. The maximum atomic E-state index is 13.8. The summed E-state index contributed by atoms with van der Waals surface area (Å²) in [5.74, 6) is -1.57. The van der Waals surface area contributed by atoms with E-state index in [1.54, 1.807) is 12.1 Å². The van der Waals surface area contributed by atoms with Crippen LogP contribution in [0.2, 0.25) is 0 Å². The van der Waals surface area contributed by atoms with E-state index in [0.29, 0.717) is 11.3 Å². The summed E-state index contributed by atoms with van der Waals surface area (Å²) in [5.41, 5.74) is 0.815. The van der Waals surface area contributed by atoms with Crippen LogP contribution in [0.5, 0.6) is 0 Å². The second-order valence-corrected chi connectivity index (χ2v) is 5.59. The van der Waals surface area contributed by atoms with E-state index in [1.807, 2.05) is 13.8 Å². The molecule has 5 nitrogen and oxygen atoms in total. The molecular formula is C13H13BrFN3O2. The Hall–Kier alpha value is -1.76. The van der Waals surface area contributed by atoms with Crippen LogP contribution in [-0.4, -0.2) is 26.1 Å². The molecular weight excluding hydrogens is 329 g/mol. The quantitative estimate of drug-likeness (QED) is 0.927. The van der Waals surface area contributed by atoms with Crippen LogP contribution < -0.4 is 0 Å². The van der Waals surface area contributed by atoms with Gasteiger partial charge in [-0.25, -0.2) is 13.9 Å². The van der Waals surface area contributed by atoms with Crippen molar-refractivity contribution in [1.29, 1.82) is 0 Å². The third-order valence-corrected chi connectivity index (χ3v) is 3.34. The van der Waals surface area contributed by atoms with Crippen molar-refractivity contribution in [2.45, 2.75) is 26.3 Å². The topological polar surface area (TPSA) is 68.0 Å². The molecule has 1 aromatic carbocycles. The van der Waals surface area contributed by atoms with Gasteiger partial charge in [-0.1, -0.05) is 35.0 Å². The third-order valence-electron chi connectivity index (χ3n) is 2.85. The summed E-state index contributed by atoms with van der Waals surface area (Å²) in [6.45, 7) is 3.83. The first-order valence-corrected chi connectivity index (χ1v) is 6.80. The van der Waals surface area contributed by atoms with Gasteiger partial charge in [0, 0.05) is 10.0 Å². The van der Waals surface area contributed by atoms with E-state index in [2.05, 4.69) is 26.2 Å². The van der Waals surface area contributed by atoms with Crippen molar-refractivity contribution in [3.8, 4) is 0 Å². The molecule has 0 atom stereocenters. The standard InChI is InChI=1S/C13H13BrFN3O2/c1-7(2)12-11(13(19)20)16-17-18(12)6-8-5-9(14)3-4-10(8)15/h3-5,7H,6H2,1-2H3,(H,19,20). The summed E-state index contributed by atoms with van der Waals surface area (Å²) in [6.07, 6.45) is 0. The number of benzene rings is 1. The van der Waals surface area contributed by atoms with Gasteiger partial charge < -0.3 is 5.11 Å². The first-order valence-electron chi connectivity index (χ1n) is 6.00. The Morgan fingerprint density at radius 3 is 2.80 bits per heavy atom. The molecule has 0 amide bonds. The Labute approximate surface area is 123 Å². The molecule has 0 saturated heterocycles. The number of aromatic nitrogens is 3. The van der Waals surface area contributed by atoms with Crippen molar-refractivity contribution >= 4 is 21.9 Å². The predicted molar refractivity (Wildman–Crippen MR) is 74.3 cm³/mol. The summed E-state index contributed by atoms with van der Waals surface area (Å²) in [7, 11) is 0. The number of carboxylic acids is 1. The summed E-state index contributed by atoms with van der Waals surface area (Å²) in [6, 6.07) is 4.59. The van der Waals surface area contributed by atoms with Gasteiger partial charge in [-0.05, 0) is 24.1 Å². The highest BCUT2D eigenvalue weighted by atomic mass is 79.9. The zero-order valence-electron chi connectivity index (χ0n) is 11.0. The van der Waals surface area contributed by atoms with E-state index in [-0.39, 0.29) is 24.0 Å². The highest BCUT2D eigenvalue weighted by Gasteiger charge is 2.22. The van der Waals surface area contributed by atoms with Gasteiger partial charge in [0.1, 0.15) is 5.82 Å². The van der Waals surface area contributed by atoms with Crippen LogP contribution in [0.3, 0.4) is 0 Å². The highest BCUT2D eigenvalue weighted by Crippen LogP contribution is 2.21. The van der Waals surface area contributed by atoms with E-state index in [9.17, 15) is 9.18 Å². The number of carboxylic acid groups (broad SMARTS) is 1. The minimum Gasteiger partial charge on any atom is -0.476 e. The molecule has 2 rings (SSSR count). The third kappa shape index (κ3) is 2.87. The van der Waals surface area contributed by atoms with Gasteiger partial charge in [0.15, 0.2) is 5.69 Å². The van der Waals surface area contributed by atoms with E-state index in [0.717, 1.165) is 4.47 Å². The molecule has 0 bridgehead atoms. The van der Waals surface area contributed by atoms with Crippen molar-refractivity contribution in [2.24, 2.45) is 0 Å². The molecule has 2 aromatic rings. The molecule has 0 aliphatic heterocycles. The van der Waals surface area contributed by atoms with Crippen LogP contribution in [0.1, 0.15) is 41.5 Å². The lowest BCUT2D eigenvalue weighted by Crippen LogP contribution is -2.11. The molecule has 0 unspecified atom stereocenters. The molecule has 106 valence electrons. The molecule has 1 heterocycles. The first-order chi connectivity index (χ1) is 9.40. The molecule has 0 aliphatic rings. The second kappa shape index (κ2) is 5.70. The number of halogens is 2. The smallest absolute Gasteiger partial charge is 0.358 e. The molecule has 20 heavy (non-hydrogen) atoms. The first kappa shape index (κ1) is 14.6. The zero-order chi connectivity index (χ0) is 14.9. The maximum Gasteiger partial charge on any atom is 0.358 e. The van der Waals surface area contributed by atoms with Crippen molar-refractivity contribution in [1.82, 2.24) is 15.0 Å². The van der Waals surface area contributed by atoms with Gasteiger partial charge in [-0.15, -0.1) is 5.10 Å². The van der Waals surface area contributed by atoms with Crippen molar-refractivity contribution in [3.05, 3.63) is 45.4 Å². The second-order valence-electron chi connectivity index (χ2n) is 4.68. The summed E-state index contributed by atoms with van der Waals surface area (Å²) >= 11 is 3.28. The van der Waals surface area contributed by atoms with E-state index in [1.165, 1.54) is 10.7 Å². The minimum atomic E-state index is -1.13. The normalized spacial score (nSPS) is 11.1. The van der Waals surface area contributed by atoms with Gasteiger partial charge in [0.05, 0.1) is 12.2 Å². The van der Waals surface area contributed by atoms with E-state index < -0.39 is 5.97 Å². The largest absolute Gasteiger partial charge is 0.476 e. The van der Waals surface area contributed by atoms with Gasteiger partial charge >= 0.3 is 5.97 Å². The Bertz CT molecular complexity index is 655. The molecule has 7 heteroatoms. The number of hydrogen-bond donors (Lipinski definition) is 1. The van der Waals surface area contributed by atoms with Gasteiger partial charge in [0.25, 0.3) is 0 Å². The Balaban J connectivity index is 2.43. The predicted octanol–water partition coefficient (Wildman–Crippen LogP) is 3.05. The number of aromatic carboxylic acids is 1. The number of nitrogens with zero attached hydrogens (tertiary/aromatic N) is 3. The number of rotatable bonds is 4. The fraction of sp³-hybridized carbons (Fsp3) is 0.308. The van der Waals surface area contributed by atoms with Crippen LogP contribution >= 0.6 is 15.9 Å². The average Bonchev–Trinajstić information content (AvgIpc) is 2.78. The van der Waals surface area contributed by atoms with E-state index in [4.69, 9.17) is 5.11 Å². The molecule has 1 aromatic heterocycles. The number of hydrogen-bond acceptors (Lipinski definition) is 3. The Kier molecular flexibility index (Phi) is 4.17. The Morgan fingerprint density at radius 1 is 1.50 bits per heavy atom. The monoisotopic (exact) mass is 341 g/mol.